The number of aromatic hydroxyl groups is 1. The van der Waals surface area contributed by atoms with E-state index in [1.807, 2.05) is 0 Å². The topological polar surface area (TPSA) is 154 Å². The van der Waals surface area contributed by atoms with E-state index >= 15 is 0 Å². The molecule has 0 spiro atoms. The fraction of sp³-hybridized carbons (Fsp3) is 0.167. The summed E-state index contributed by atoms with van der Waals surface area (Å²) >= 11 is 0. The molecule has 0 aliphatic heterocycles. The zero-order chi connectivity index (χ0) is 16.1. The van der Waals surface area contributed by atoms with Crippen LogP contribution in [0.5, 0.6) is 17.2 Å². The number of anilines is 1. The molecule has 10 heteroatoms. The molecule has 22 heavy (non-hydrogen) atoms. The van der Waals surface area contributed by atoms with Crippen LogP contribution in [0.1, 0.15) is 11.3 Å². The summed E-state index contributed by atoms with van der Waals surface area (Å²) in [5.74, 6) is 0.342. The minimum absolute atomic E-state index is 0.0180. The number of nitrogens with zero attached hydrogens (tertiary/aromatic N) is 4. The van der Waals surface area contributed by atoms with E-state index in [0.29, 0.717) is 5.56 Å². The number of hydrogen-bond donors (Lipinski definition) is 3. The van der Waals surface area contributed by atoms with Gasteiger partial charge in [0.1, 0.15) is 0 Å². The Kier molecular flexibility index (Phi) is 4.41. The molecule has 1 aromatic heterocycles. The first-order chi connectivity index (χ1) is 10.6. The average molecular weight is 306 g/mol. The minimum Gasteiger partial charge on any atom is -0.502 e. The Morgan fingerprint density at radius 3 is 2.41 bits per heavy atom. The minimum atomic E-state index is -0.105. The molecular formula is C12H14N6O4. The van der Waals surface area contributed by atoms with E-state index in [0.717, 1.165) is 0 Å². The van der Waals surface area contributed by atoms with E-state index in [1.165, 1.54) is 20.4 Å². The van der Waals surface area contributed by atoms with Crippen LogP contribution in [0.4, 0.5) is 5.82 Å². The van der Waals surface area contributed by atoms with Crippen LogP contribution >= 0.6 is 0 Å². The molecule has 1 aromatic carbocycles. The van der Waals surface area contributed by atoms with Crippen molar-refractivity contribution in [1.82, 2.24) is 10.3 Å². The number of amidine groups is 1. The van der Waals surface area contributed by atoms with E-state index < -0.39 is 0 Å². The monoisotopic (exact) mass is 306 g/mol. The maximum atomic E-state index is 9.80. The zero-order valence-electron chi connectivity index (χ0n) is 11.8. The summed E-state index contributed by atoms with van der Waals surface area (Å²) < 4.78 is 14.5. The van der Waals surface area contributed by atoms with Gasteiger partial charge in [-0.1, -0.05) is 0 Å². The first-order valence-electron chi connectivity index (χ1n) is 5.96. The number of phenols is 1. The first kappa shape index (κ1) is 15.1. The lowest BCUT2D eigenvalue weighted by molar-refractivity contribution is 0.308. The van der Waals surface area contributed by atoms with Crippen molar-refractivity contribution >= 4 is 17.9 Å². The Labute approximate surface area is 125 Å². The summed E-state index contributed by atoms with van der Waals surface area (Å²) in [6, 6.07) is 3.11. The van der Waals surface area contributed by atoms with Gasteiger partial charge in [0.25, 0.3) is 0 Å². The molecule has 0 bridgehead atoms. The molecule has 2 aromatic rings. The average Bonchev–Trinajstić information content (AvgIpc) is 2.94. The number of nitrogens with two attached hydrogens (primary N) is 2. The summed E-state index contributed by atoms with van der Waals surface area (Å²) in [5.41, 5.74) is 11.8. The van der Waals surface area contributed by atoms with Crippen molar-refractivity contribution in [2.75, 3.05) is 20.0 Å². The predicted octanol–water partition coefficient (Wildman–Crippen LogP) is 0.114. The molecule has 0 radical (unpaired) electrons. The van der Waals surface area contributed by atoms with E-state index in [4.69, 9.17) is 20.9 Å². The van der Waals surface area contributed by atoms with Crippen LogP contribution in [0.2, 0.25) is 0 Å². The maximum absolute atomic E-state index is 9.80. The molecule has 0 saturated carbocycles. The van der Waals surface area contributed by atoms with Crippen LogP contribution < -0.4 is 20.9 Å². The molecule has 0 aliphatic carbocycles. The van der Waals surface area contributed by atoms with Crippen molar-refractivity contribution in [3.05, 3.63) is 23.4 Å². The SMILES string of the molecule is COc1cc(/C=N\N=C(N)c2nonc2N)cc(OC)c1O. The summed E-state index contributed by atoms with van der Waals surface area (Å²) in [4.78, 5) is 0. The van der Waals surface area contributed by atoms with Crippen molar-refractivity contribution in [1.29, 1.82) is 0 Å². The number of benzene rings is 1. The molecule has 0 amide bonds. The third-order valence-corrected chi connectivity index (χ3v) is 2.63. The van der Waals surface area contributed by atoms with Gasteiger partial charge < -0.3 is 26.0 Å². The Balaban J connectivity index is 2.25. The number of ether oxygens (including phenoxy) is 2. The molecule has 0 atom stereocenters. The van der Waals surface area contributed by atoms with Gasteiger partial charge in [-0.25, -0.2) is 4.63 Å². The van der Waals surface area contributed by atoms with Crippen molar-refractivity contribution in [2.45, 2.75) is 0 Å². The van der Waals surface area contributed by atoms with Gasteiger partial charge in [-0.15, -0.1) is 5.10 Å². The van der Waals surface area contributed by atoms with Crippen molar-refractivity contribution in [3.8, 4) is 17.2 Å². The van der Waals surface area contributed by atoms with Crippen LogP contribution in [0, 0.1) is 0 Å². The molecule has 10 nitrogen and oxygen atoms in total. The van der Waals surface area contributed by atoms with E-state index in [9.17, 15) is 5.11 Å². The maximum Gasteiger partial charge on any atom is 0.200 e. The Hall–Kier alpha value is -3.30. The highest BCUT2D eigenvalue weighted by atomic mass is 16.6. The van der Waals surface area contributed by atoms with Gasteiger partial charge in [-0.05, 0) is 22.4 Å². The van der Waals surface area contributed by atoms with Gasteiger partial charge >= 0.3 is 0 Å². The third-order valence-electron chi connectivity index (χ3n) is 2.63. The lowest BCUT2D eigenvalue weighted by Crippen LogP contribution is -2.15. The Morgan fingerprint density at radius 1 is 1.27 bits per heavy atom. The van der Waals surface area contributed by atoms with Gasteiger partial charge in [0.15, 0.2) is 28.8 Å². The molecular weight excluding hydrogens is 292 g/mol. The zero-order valence-corrected chi connectivity index (χ0v) is 11.8. The lowest BCUT2D eigenvalue weighted by atomic mass is 10.2. The molecule has 0 unspecified atom stereocenters. The normalized spacial score (nSPS) is 11.8. The van der Waals surface area contributed by atoms with Crippen LogP contribution in [-0.2, 0) is 0 Å². The molecule has 1 heterocycles. The molecule has 2 rings (SSSR count). The largest absolute Gasteiger partial charge is 0.502 e. The number of nitrogen functional groups attached to an aromatic ring is 1. The standard InChI is InChI=1S/C12H14N6O4/c1-20-7-3-6(4-8(21-2)10(7)19)5-15-16-11(13)9-12(14)18-22-17-9/h3-5,19H,1-2H3,(H2,13,16)(H2,14,18)/b15-5-. The lowest BCUT2D eigenvalue weighted by Gasteiger charge is -2.08. The highest BCUT2D eigenvalue weighted by Crippen LogP contribution is 2.36. The van der Waals surface area contributed by atoms with Gasteiger partial charge in [0, 0.05) is 5.56 Å². The highest BCUT2D eigenvalue weighted by Gasteiger charge is 2.11. The van der Waals surface area contributed by atoms with E-state index in [2.05, 4.69) is 25.1 Å². The summed E-state index contributed by atoms with van der Waals surface area (Å²) in [6.07, 6.45) is 1.39. The van der Waals surface area contributed by atoms with Crippen molar-refractivity contribution in [2.24, 2.45) is 15.9 Å². The summed E-state index contributed by atoms with van der Waals surface area (Å²) in [7, 11) is 2.85. The molecule has 5 N–H and O–H groups in total. The fourth-order valence-electron chi connectivity index (χ4n) is 1.57. The number of hydrogen-bond acceptors (Lipinski definition) is 9. The molecule has 0 fully saturated rings. The third kappa shape index (κ3) is 3.06. The first-order valence-corrected chi connectivity index (χ1v) is 5.96. The van der Waals surface area contributed by atoms with Crippen molar-refractivity contribution < 1.29 is 19.2 Å². The second-order valence-corrected chi connectivity index (χ2v) is 4.00. The van der Waals surface area contributed by atoms with Gasteiger partial charge in [-0.2, -0.15) is 5.10 Å². The molecule has 116 valence electrons. The fourth-order valence-corrected chi connectivity index (χ4v) is 1.57. The number of phenolic OH excluding ortho intramolecular Hbond substituents is 1. The molecule has 0 aliphatic rings. The second-order valence-electron chi connectivity index (χ2n) is 4.00. The quantitative estimate of drug-likeness (QED) is 0.399. The predicted molar refractivity (Wildman–Crippen MR) is 78.2 cm³/mol. The van der Waals surface area contributed by atoms with Crippen LogP contribution in [0.15, 0.2) is 27.0 Å². The Bertz CT molecular complexity index is 699. The van der Waals surface area contributed by atoms with Crippen molar-refractivity contribution in [3.63, 3.8) is 0 Å². The van der Waals surface area contributed by atoms with Crippen LogP contribution in [-0.4, -0.2) is 41.7 Å². The number of aromatic nitrogens is 2. The summed E-state index contributed by atoms with van der Waals surface area (Å²) in [5, 5.41) is 24.2. The van der Waals surface area contributed by atoms with Gasteiger partial charge in [0.2, 0.25) is 5.75 Å². The van der Waals surface area contributed by atoms with Gasteiger partial charge in [0.05, 0.1) is 20.4 Å². The van der Waals surface area contributed by atoms with Crippen LogP contribution in [0.3, 0.4) is 0 Å². The second kappa shape index (κ2) is 6.43. The smallest absolute Gasteiger partial charge is 0.200 e. The summed E-state index contributed by atoms with van der Waals surface area (Å²) in [6.45, 7) is 0. The number of rotatable bonds is 5. The van der Waals surface area contributed by atoms with E-state index in [-0.39, 0.29) is 34.6 Å². The van der Waals surface area contributed by atoms with Gasteiger partial charge in [-0.3, -0.25) is 0 Å². The highest BCUT2D eigenvalue weighted by molar-refractivity contribution is 5.99. The number of methoxy groups -OCH3 is 2. The molecule has 0 saturated heterocycles. The Morgan fingerprint density at radius 2 is 1.91 bits per heavy atom. The van der Waals surface area contributed by atoms with Crippen LogP contribution in [0.25, 0.3) is 0 Å². The van der Waals surface area contributed by atoms with E-state index in [1.54, 1.807) is 12.1 Å².